The van der Waals surface area contributed by atoms with Gasteiger partial charge in [0.05, 0.1) is 50.9 Å². The number of fused-ring (bicyclic) bond motifs is 4. The van der Waals surface area contributed by atoms with Crippen molar-refractivity contribution in [1.29, 1.82) is 5.26 Å². The second kappa shape index (κ2) is 17.7. The Labute approximate surface area is 345 Å². The summed E-state index contributed by atoms with van der Waals surface area (Å²) in [5.41, 5.74) is -0.657. The van der Waals surface area contributed by atoms with E-state index in [-0.39, 0.29) is 66.5 Å². The fourth-order valence-corrected chi connectivity index (χ4v) is 11.4. The summed E-state index contributed by atoms with van der Waals surface area (Å²) < 4.78 is 75.0. The molecule has 2 saturated heterocycles. The molecule has 58 heavy (non-hydrogen) atoms. The van der Waals surface area contributed by atoms with Crippen molar-refractivity contribution in [2.24, 2.45) is 11.8 Å². The van der Waals surface area contributed by atoms with Crippen molar-refractivity contribution in [3.63, 3.8) is 0 Å². The minimum Gasteiger partial charge on any atom is -0.408 e. The second-order valence-corrected chi connectivity index (χ2v) is 26.6. The van der Waals surface area contributed by atoms with E-state index in [0.29, 0.717) is 6.42 Å². The van der Waals surface area contributed by atoms with E-state index in [1.807, 2.05) is 19.2 Å². The number of anilines is 2. The Balaban J connectivity index is 1.42. The van der Waals surface area contributed by atoms with Gasteiger partial charge in [0.1, 0.15) is 24.6 Å². The highest BCUT2D eigenvalue weighted by molar-refractivity contribution is 8.44. The predicted octanol–water partition coefficient (Wildman–Crippen LogP) is 5.83. The van der Waals surface area contributed by atoms with Crippen LogP contribution in [0.15, 0.2) is 23.6 Å². The monoisotopic (exact) mass is 903 g/mol. The van der Waals surface area contributed by atoms with Crippen LogP contribution in [0.25, 0.3) is 11.2 Å². The third kappa shape index (κ3) is 10.2. The van der Waals surface area contributed by atoms with Crippen molar-refractivity contribution in [2.45, 2.75) is 109 Å². The summed E-state index contributed by atoms with van der Waals surface area (Å²) in [6.07, 6.45) is -1.01. The number of hydrogen-bond donors (Lipinski definition) is 4. The van der Waals surface area contributed by atoms with Crippen molar-refractivity contribution in [2.75, 3.05) is 30.5 Å². The molecule has 3 aliphatic rings. The summed E-state index contributed by atoms with van der Waals surface area (Å²) >= 11 is 10.4. The normalized spacial score (nSPS) is 30.9. The van der Waals surface area contributed by atoms with E-state index in [1.165, 1.54) is 17.2 Å². The number of aromatic nitrogens is 6. The van der Waals surface area contributed by atoms with E-state index in [2.05, 4.69) is 68.6 Å². The molecule has 2 bridgehead atoms. The third-order valence-corrected chi connectivity index (χ3v) is 18.9. The number of carbonyl (C=O) groups is 1. The van der Waals surface area contributed by atoms with Gasteiger partial charge in [-0.2, -0.15) is 10.2 Å². The van der Waals surface area contributed by atoms with Crippen LogP contribution in [0.3, 0.4) is 0 Å². The van der Waals surface area contributed by atoms with Gasteiger partial charge in [0.25, 0.3) is 5.56 Å². The molecule has 1 amide bonds. The number of carbonyl (C=O) groups excluding carboxylic acids is 1. The molecule has 6 rings (SSSR count). The lowest BCUT2D eigenvalue weighted by Gasteiger charge is -2.41. The van der Waals surface area contributed by atoms with E-state index in [9.17, 15) is 23.8 Å². The Morgan fingerprint density at radius 2 is 1.98 bits per heavy atom. The summed E-state index contributed by atoms with van der Waals surface area (Å²) in [5, 5.41) is 14.8. The minimum absolute atomic E-state index is 0.0150. The number of H-pyrrole nitrogens is 1. The molecule has 2 aliphatic heterocycles. The Kier molecular flexibility index (Phi) is 13.7. The van der Waals surface area contributed by atoms with Crippen LogP contribution in [0.4, 0.5) is 16.2 Å². The van der Waals surface area contributed by atoms with E-state index in [1.54, 1.807) is 13.8 Å². The van der Waals surface area contributed by atoms with E-state index >= 15 is 0 Å². The molecular weight excluding hydrogens is 856 g/mol. The lowest BCUT2D eigenvalue weighted by atomic mass is 10.1. The standard InChI is InChI=1S/C33H48FN9O10P2S2Si/c1-18(2)29(44)41-32-40-28-24(30(45)42-32)38-17-43(28)31-26-25(53-58(6,7)33(3,4)5)23(50-31)15-48-54(46,56)51-22-12-20(39-27-21(34)13-36-16-37-27)11-19(22)14-49-55(57,52-26)47-10-8-9-35/h13,16-20,22-23,25-26,31H,8,10-12,14-15H2,1-7H3,(H,46,56)(H,36,37,39)(H2,40,41,42,44,45)/t19-,20-,22+,23-,25-,26-,31-,54-,55+/m1/s1. The van der Waals surface area contributed by atoms with Gasteiger partial charge in [-0.25, -0.2) is 23.9 Å². The summed E-state index contributed by atoms with van der Waals surface area (Å²) in [7, 11) is -2.69. The van der Waals surface area contributed by atoms with E-state index in [4.69, 9.17) is 43.6 Å². The average Bonchev–Trinajstić information content (AvgIpc) is 3.82. The predicted molar refractivity (Wildman–Crippen MR) is 218 cm³/mol. The van der Waals surface area contributed by atoms with Crippen LogP contribution < -0.4 is 16.2 Å². The van der Waals surface area contributed by atoms with Crippen molar-refractivity contribution in [1.82, 2.24) is 29.5 Å². The van der Waals surface area contributed by atoms with Crippen molar-refractivity contribution >= 4 is 74.7 Å². The summed E-state index contributed by atoms with van der Waals surface area (Å²) in [6, 6.07) is 1.63. The van der Waals surface area contributed by atoms with Crippen molar-refractivity contribution in [3.05, 3.63) is 35.0 Å². The molecule has 0 radical (unpaired) electrons. The molecule has 3 aromatic heterocycles. The van der Waals surface area contributed by atoms with Gasteiger partial charge in [-0.05, 0) is 42.8 Å². The van der Waals surface area contributed by atoms with Gasteiger partial charge < -0.3 is 23.5 Å². The van der Waals surface area contributed by atoms with Crippen molar-refractivity contribution < 1.29 is 45.5 Å². The quantitative estimate of drug-likeness (QED) is 0.0810. The van der Waals surface area contributed by atoms with E-state index < -0.39 is 81.7 Å². The number of halogens is 1. The number of aromatic amines is 1. The molecule has 3 N–H and O–H groups in total. The van der Waals surface area contributed by atoms with Crippen LogP contribution in [-0.4, -0.2) is 94.0 Å². The Bertz CT molecular complexity index is 2190. The number of rotatable bonds is 10. The first-order valence-electron chi connectivity index (χ1n) is 18.6. The number of thiol groups is 1. The van der Waals surface area contributed by atoms with Crippen LogP contribution in [0.2, 0.25) is 18.1 Å². The first kappa shape index (κ1) is 44.8. The highest BCUT2D eigenvalue weighted by Gasteiger charge is 2.55. The first-order valence-corrected chi connectivity index (χ1v) is 26.8. The molecule has 1 saturated carbocycles. The van der Waals surface area contributed by atoms with Gasteiger partial charge in [0.15, 0.2) is 37.3 Å². The zero-order valence-electron chi connectivity index (χ0n) is 33.0. The number of imidazole rings is 1. The summed E-state index contributed by atoms with van der Waals surface area (Å²) in [5.74, 6) is -2.09. The maximum Gasteiger partial charge on any atom is 0.386 e. The molecule has 0 aromatic carbocycles. The Morgan fingerprint density at radius 1 is 1.22 bits per heavy atom. The number of hydrogen-bond acceptors (Lipinski definition) is 17. The zero-order chi connectivity index (χ0) is 42.2. The molecule has 0 spiro atoms. The lowest BCUT2D eigenvalue weighted by molar-refractivity contribution is -0.118. The van der Waals surface area contributed by atoms with Gasteiger partial charge in [0.2, 0.25) is 11.9 Å². The number of nitriles is 1. The molecule has 25 heteroatoms. The van der Waals surface area contributed by atoms with Crippen LogP contribution in [0, 0.1) is 29.0 Å². The smallest absolute Gasteiger partial charge is 0.386 e. The van der Waals surface area contributed by atoms with Crippen molar-refractivity contribution in [3.8, 4) is 6.07 Å². The maximum absolute atomic E-state index is 14.5. The van der Waals surface area contributed by atoms with Gasteiger partial charge in [-0.3, -0.25) is 38.0 Å². The number of nitrogens with zero attached hydrogens (tertiary/aromatic N) is 6. The molecule has 3 aromatic rings. The fourth-order valence-electron chi connectivity index (χ4n) is 6.40. The number of amides is 1. The molecule has 19 nitrogen and oxygen atoms in total. The third-order valence-electron chi connectivity index (χ3n) is 10.5. The van der Waals surface area contributed by atoms with Gasteiger partial charge in [-0.15, -0.1) is 0 Å². The molecule has 5 heterocycles. The van der Waals surface area contributed by atoms with Crippen LogP contribution in [0.5, 0.6) is 0 Å². The SMILES string of the molecule is CC(C)C(=O)Nc1nc2c(ncn2[C@@H]2O[C@@H]3CO[P@@](=O)(S)O[C@H]4C[C@H](Nc5ncncc5F)C[C@@H]4CO[P@@](=S)(OCCC#N)O[C@@H]2[C@@H]3O[Si](C)(C)C(C)(C)C)c(=O)[nH]1. The second-order valence-electron chi connectivity index (χ2n) is 16.0. The average molecular weight is 904 g/mol. The maximum atomic E-state index is 14.5. The molecule has 0 unspecified atom stereocenters. The summed E-state index contributed by atoms with van der Waals surface area (Å²) in [4.78, 5) is 44.9. The summed E-state index contributed by atoms with van der Waals surface area (Å²) in [6.45, 7) is 4.97. The highest BCUT2D eigenvalue weighted by atomic mass is 32.7. The van der Waals surface area contributed by atoms with Crippen LogP contribution >= 0.6 is 25.8 Å². The molecule has 1 aliphatic carbocycles. The van der Waals surface area contributed by atoms with Gasteiger partial charge >= 0.3 is 13.5 Å². The van der Waals surface area contributed by atoms with Gasteiger partial charge in [0, 0.05) is 17.9 Å². The Morgan fingerprint density at radius 3 is 2.67 bits per heavy atom. The fraction of sp³-hybridized carbons (Fsp3) is 0.667. The van der Waals surface area contributed by atoms with Crippen LogP contribution in [-0.2, 0) is 52.9 Å². The van der Waals surface area contributed by atoms with Gasteiger partial charge in [-0.1, -0.05) is 46.9 Å². The largest absolute Gasteiger partial charge is 0.408 e. The lowest BCUT2D eigenvalue weighted by Crippen LogP contribution is -2.50. The zero-order valence-corrected chi connectivity index (χ0v) is 37.5. The first-order chi connectivity index (χ1) is 27.2. The number of nitrogens with one attached hydrogen (secondary N) is 3. The number of ether oxygens (including phenoxy) is 1. The molecular formula is C33H48FN9O10P2S2Si. The Hall–Kier alpha value is -2.71. The molecule has 3 fully saturated rings. The van der Waals surface area contributed by atoms with E-state index in [0.717, 1.165) is 6.20 Å². The minimum atomic E-state index is -4.15. The molecule has 9 atom stereocenters. The topological polar surface area (TPSA) is 236 Å². The van der Waals surface area contributed by atoms with Crippen LogP contribution in [0.1, 0.15) is 60.1 Å². The highest BCUT2D eigenvalue weighted by Crippen LogP contribution is 2.60. The molecule has 318 valence electrons.